The van der Waals surface area contributed by atoms with Gasteiger partial charge in [0.15, 0.2) is 0 Å². The Bertz CT molecular complexity index is 369. The van der Waals surface area contributed by atoms with Crippen LogP contribution >= 0.6 is 0 Å². The minimum absolute atomic E-state index is 0.833. The minimum Gasteiger partial charge on any atom is -0.478 e. The fourth-order valence-corrected chi connectivity index (χ4v) is 0.757. The molecule has 0 saturated heterocycles. The third-order valence-corrected chi connectivity index (χ3v) is 1.50. The van der Waals surface area contributed by atoms with Crippen molar-refractivity contribution in [2.75, 3.05) is 0 Å². The van der Waals surface area contributed by atoms with Gasteiger partial charge in [-0.2, -0.15) is 0 Å². The summed E-state index contributed by atoms with van der Waals surface area (Å²) in [6, 6.07) is 10.3. The van der Waals surface area contributed by atoms with E-state index in [2.05, 4.69) is 37.9 Å². The van der Waals surface area contributed by atoms with Crippen molar-refractivity contribution < 1.29 is 9.90 Å². The molecule has 1 aromatic rings. The van der Waals surface area contributed by atoms with Gasteiger partial charge >= 0.3 is 5.97 Å². The summed E-state index contributed by atoms with van der Waals surface area (Å²) < 4.78 is 0. The van der Waals surface area contributed by atoms with E-state index in [0.29, 0.717) is 0 Å². The molecule has 0 aliphatic heterocycles. The van der Waals surface area contributed by atoms with E-state index >= 15 is 0 Å². The summed E-state index contributed by atoms with van der Waals surface area (Å²) in [5.74, 6) is -0.981. The van der Waals surface area contributed by atoms with Crippen LogP contribution in [0.25, 0.3) is 6.08 Å². The summed E-state index contributed by atoms with van der Waals surface area (Å²) in [4.78, 5) is 9.25. The predicted octanol–water partition coefficient (Wildman–Crippen LogP) is 4.34. The van der Waals surface area contributed by atoms with Crippen molar-refractivity contribution in [1.29, 1.82) is 0 Å². The van der Waals surface area contributed by atoms with Gasteiger partial charge in [0.25, 0.3) is 0 Å². The van der Waals surface area contributed by atoms with Crippen LogP contribution in [0.3, 0.4) is 0 Å². The number of allylic oxidation sites excluding steroid dienone is 3. The molecule has 0 unspecified atom stereocenters. The lowest BCUT2D eigenvalue weighted by Crippen LogP contribution is -1.82. The van der Waals surface area contributed by atoms with Crippen LogP contribution in [0.1, 0.15) is 12.5 Å². The molecule has 96 valence electrons. The van der Waals surface area contributed by atoms with Crippen LogP contribution in [0.2, 0.25) is 0 Å². The second-order valence-electron chi connectivity index (χ2n) is 2.92. The number of rotatable bonds is 3. The smallest absolute Gasteiger partial charge is 0.327 e. The second kappa shape index (κ2) is 14.6. The zero-order valence-corrected chi connectivity index (χ0v) is 10.8. The Morgan fingerprint density at radius 2 is 1.56 bits per heavy atom. The van der Waals surface area contributed by atoms with Gasteiger partial charge in [-0.15, -0.1) is 0 Å². The maximum absolute atomic E-state index is 9.25. The Morgan fingerprint density at radius 1 is 1.11 bits per heavy atom. The van der Waals surface area contributed by atoms with E-state index in [1.54, 1.807) is 12.2 Å². The van der Waals surface area contributed by atoms with Gasteiger partial charge in [-0.1, -0.05) is 74.4 Å². The van der Waals surface area contributed by atoms with Crippen LogP contribution in [0.15, 0.2) is 74.4 Å². The molecule has 0 bridgehead atoms. The normalized spacial score (nSPS) is 8.06. The first kappa shape index (κ1) is 18.0. The zero-order chi connectivity index (χ0) is 14.2. The molecule has 1 N–H and O–H groups in total. The summed E-state index contributed by atoms with van der Waals surface area (Å²) >= 11 is 0. The van der Waals surface area contributed by atoms with Crippen LogP contribution < -0.4 is 0 Å². The molecule has 0 fully saturated rings. The average Bonchev–Trinajstić information content (AvgIpc) is 2.41. The highest BCUT2D eigenvalue weighted by Gasteiger charge is 1.77. The minimum atomic E-state index is -0.981. The Labute approximate surface area is 109 Å². The summed E-state index contributed by atoms with van der Waals surface area (Å²) in [7, 11) is 0. The molecule has 18 heavy (non-hydrogen) atoms. The number of hydrogen-bond acceptors (Lipinski definition) is 1. The molecule has 0 radical (unpaired) electrons. The summed E-state index contributed by atoms with van der Waals surface area (Å²) in [5.41, 5.74) is 1.26. The number of carboxylic acid groups (broad SMARTS) is 1. The molecule has 0 aliphatic carbocycles. The van der Waals surface area contributed by atoms with E-state index in [1.807, 2.05) is 31.2 Å². The van der Waals surface area contributed by atoms with Gasteiger partial charge in [-0.3, -0.25) is 0 Å². The van der Waals surface area contributed by atoms with Gasteiger partial charge in [0.1, 0.15) is 0 Å². The molecule has 0 atom stereocenters. The van der Waals surface area contributed by atoms with Gasteiger partial charge in [0.05, 0.1) is 0 Å². The van der Waals surface area contributed by atoms with Crippen molar-refractivity contribution in [1.82, 2.24) is 0 Å². The first-order chi connectivity index (χ1) is 8.62. The van der Waals surface area contributed by atoms with Crippen molar-refractivity contribution in [3.05, 3.63) is 79.9 Å². The van der Waals surface area contributed by atoms with Crippen LogP contribution in [0.5, 0.6) is 0 Å². The predicted molar refractivity (Wildman–Crippen MR) is 79.4 cm³/mol. The molecule has 0 aromatic heterocycles. The van der Waals surface area contributed by atoms with Crippen molar-refractivity contribution >= 4 is 12.0 Å². The Kier molecular flexibility index (Phi) is 14.7. The van der Waals surface area contributed by atoms with Crippen LogP contribution in [0.4, 0.5) is 0 Å². The third kappa shape index (κ3) is 16.1. The topological polar surface area (TPSA) is 37.3 Å². The van der Waals surface area contributed by atoms with E-state index in [-0.39, 0.29) is 0 Å². The van der Waals surface area contributed by atoms with E-state index < -0.39 is 5.97 Å². The highest BCUT2D eigenvalue weighted by molar-refractivity contribution is 5.78. The standard InChI is InChI=1S/C9H10.C4H6.C3H4O2/c1-2-6-9-7-4-3-5-8-9;1-3-4-2;1-2-3(4)5/h2-8H,1H3;3-4H,1-2H2;2H,1H2,(H,4,5). The van der Waals surface area contributed by atoms with Gasteiger partial charge in [0, 0.05) is 6.08 Å². The van der Waals surface area contributed by atoms with Gasteiger partial charge in [0.2, 0.25) is 0 Å². The largest absolute Gasteiger partial charge is 0.478 e. The van der Waals surface area contributed by atoms with Crippen molar-refractivity contribution in [2.45, 2.75) is 6.92 Å². The molecule has 2 nitrogen and oxygen atoms in total. The van der Waals surface area contributed by atoms with E-state index in [1.165, 1.54) is 5.56 Å². The molecule has 0 saturated carbocycles. The van der Waals surface area contributed by atoms with E-state index in [4.69, 9.17) is 5.11 Å². The molecule has 1 rings (SSSR count). The second-order valence-corrected chi connectivity index (χ2v) is 2.92. The van der Waals surface area contributed by atoms with E-state index in [0.717, 1.165) is 6.08 Å². The molecular weight excluding hydrogens is 224 g/mol. The monoisotopic (exact) mass is 244 g/mol. The molecule has 0 heterocycles. The fraction of sp³-hybridized carbons (Fsp3) is 0.0625. The molecule has 1 aromatic carbocycles. The molecule has 0 aliphatic rings. The number of hydrogen-bond donors (Lipinski definition) is 1. The highest BCUT2D eigenvalue weighted by atomic mass is 16.4. The van der Waals surface area contributed by atoms with Crippen LogP contribution in [-0.4, -0.2) is 11.1 Å². The van der Waals surface area contributed by atoms with Gasteiger partial charge in [-0.05, 0) is 12.5 Å². The van der Waals surface area contributed by atoms with Crippen LogP contribution in [-0.2, 0) is 4.79 Å². The Hall–Kier alpha value is -2.35. The van der Waals surface area contributed by atoms with Gasteiger partial charge in [-0.25, -0.2) is 4.79 Å². The lowest BCUT2D eigenvalue weighted by molar-refractivity contribution is -0.131. The van der Waals surface area contributed by atoms with Crippen molar-refractivity contribution in [3.8, 4) is 0 Å². The number of carbonyl (C=O) groups is 1. The van der Waals surface area contributed by atoms with Crippen LogP contribution in [0, 0.1) is 0 Å². The summed E-state index contributed by atoms with van der Waals surface area (Å²) in [6.45, 7) is 11.7. The Balaban J connectivity index is 0. The fourth-order valence-electron chi connectivity index (χ4n) is 0.757. The lowest BCUT2D eigenvalue weighted by Gasteiger charge is -1.86. The summed E-state index contributed by atoms with van der Waals surface area (Å²) in [6.07, 6.45) is 8.23. The van der Waals surface area contributed by atoms with Gasteiger partial charge < -0.3 is 5.11 Å². The quantitative estimate of drug-likeness (QED) is 0.634. The SMILES string of the molecule is C=CC(=O)O.C=CC=C.CC=Cc1ccccc1. The first-order valence-corrected chi connectivity index (χ1v) is 5.38. The molecule has 0 amide bonds. The van der Waals surface area contributed by atoms with Crippen molar-refractivity contribution in [2.24, 2.45) is 0 Å². The van der Waals surface area contributed by atoms with Crippen molar-refractivity contribution in [3.63, 3.8) is 0 Å². The third-order valence-electron chi connectivity index (χ3n) is 1.50. The Morgan fingerprint density at radius 3 is 1.83 bits per heavy atom. The number of aliphatic carboxylic acids is 1. The number of carboxylic acids is 1. The van der Waals surface area contributed by atoms with E-state index in [9.17, 15) is 4.79 Å². The lowest BCUT2D eigenvalue weighted by atomic mass is 10.2. The molecule has 2 heteroatoms. The zero-order valence-electron chi connectivity index (χ0n) is 10.8. The highest BCUT2D eigenvalue weighted by Crippen LogP contribution is 1.99. The average molecular weight is 244 g/mol. The number of benzene rings is 1. The molecule has 0 spiro atoms. The summed E-state index contributed by atoms with van der Waals surface area (Å²) in [5, 5.41) is 7.60. The maximum Gasteiger partial charge on any atom is 0.327 e. The maximum atomic E-state index is 9.25. The first-order valence-electron chi connectivity index (χ1n) is 5.38. The molecular formula is C16H20O2.